The molecule has 0 aromatic heterocycles. The molecule has 0 heterocycles. The second-order valence-corrected chi connectivity index (χ2v) is 6.19. The second kappa shape index (κ2) is 8.35. The van der Waals surface area contributed by atoms with Gasteiger partial charge in [0.25, 0.3) is 0 Å². The van der Waals surface area contributed by atoms with Crippen molar-refractivity contribution in [2.75, 3.05) is 0 Å². The molecule has 0 spiro atoms. The number of carbonyl (C=O) groups is 1. The minimum Gasteiger partial charge on any atom is -0.303 e. The van der Waals surface area contributed by atoms with Crippen LogP contribution < -0.4 is 0 Å². The lowest BCUT2D eigenvalue weighted by Gasteiger charge is -2.26. The molecule has 2 rings (SSSR count). The molecule has 2 aliphatic rings. The van der Waals surface area contributed by atoms with Gasteiger partial charge in [0.15, 0.2) is 0 Å². The Hall–Kier alpha value is -0.850. The van der Waals surface area contributed by atoms with Crippen molar-refractivity contribution in [1.82, 2.24) is 0 Å². The van der Waals surface area contributed by atoms with Crippen molar-refractivity contribution in [1.29, 1.82) is 0 Å². The van der Waals surface area contributed by atoms with Gasteiger partial charge in [-0.3, -0.25) is 0 Å². The standard InChI is InChI=1S/C18H28O/c19-14-13-16-9-5-4-8-12-18(15-16)17-10-6-2-1-3-7-11-17/h6,10,14-15,17-18H,1-5,7-9,11-13H2/b10-6-,16-15+. The van der Waals surface area contributed by atoms with Gasteiger partial charge in [0.05, 0.1) is 0 Å². The summed E-state index contributed by atoms with van der Waals surface area (Å²) in [6.07, 6.45) is 22.2. The Morgan fingerprint density at radius 2 is 1.79 bits per heavy atom. The second-order valence-electron chi connectivity index (χ2n) is 6.19. The number of hydrogen-bond acceptors (Lipinski definition) is 1. The van der Waals surface area contributed by atoms with Crippen LogP contribution >= 0.6 is 0 Å². The lowest BCUT2D eigenvalue weighted by molar-refractivity contribution is -0.107. The summed E-state index contributed by atoms with van der Waals surface area (Å²) in [6.45, 7) is 0. The Morgan fingerprint density at radius 1 is 1.00 bits per heavy atom. The molecule has 0 saturated carbocycles. The highest BCUT2D eigenvalue weighted by atomic mass is 16.1. The molecular weight excluding hydrogens is 232 g/mol. The maximum Gasteiger partial charge on any atom is 0.124 e. The number of hydrogen-bond donors (Lipinski definition) is 0. The van der Waals surface area contributed by atoms with Crippen molar-refractivity contribution < 1.29 is 4.79 Å². The highest BCUT2D eigenvalue weighted by Gasteiger charge is 2.19. The zero-order valence-electron chi connectivity index (χ0n) is 12.2. The van der Waals surface area contributed by atoms with E-state index in [-0.39, 0.29) is 0 Å². The molecule has 0 radical (unpaired) electrons. The summed E-state index contributed by atoms with van der Waals surface area (Å²) in [5.41, 5.74) is 1.40. The Kier molecular flexibility index (Phi) is 6.39. The molecule has 1 nitrogen and oxygen atoms in total. The topological polar surface area (TPSA) is 17.1 Å². The van der Waals surface area contributed by atoms with Crippen LogP contribution in [0.1, 0.15) is 70.6 Å². The van der Waals surface area contributed by atoms with Crippen LogP contribution in [0.4, 0.5) is 0 Å². The van der Waals surface area contributed by atoms with Gasteiger partial charge >= 0.3 is 0 Å². The molecule has 0 aromatic rings. The predicted molar refractivity (Wildman–Crippen MR) is 81.1 cm³/mol. The van der Waals surface area contributed by atoms with Crippen LogP contribution in [0.15, 0.2) is 23.8 Å². The fraction of sp³-hybridized carbons (Fsp3) is 0.722. The summed E-state index contributed by atoms with van der Waals surface area (Å²) in [6, 6.07) is 0. The third-order valence-electron chi connectivity index (χ3n) is 4.67. The SMILES string of the molecule is O=CC/C1=C/C(C2/C=C\CCCCC2)CCCCC1. The first-order valence-electron chi connectivity index (χ1n) is 8.20. The Balaban J connectivity index is 2.08. The molecule has 106 valence electrons. The van der Waals surface area contributed by atoms with E-state index in [1.807, 2.05) is 0 Å². The van der Waals surface area contributed by atoms with E-state index >= 15 is 0 Å². The molecule has 1 heteroatoms. The largest absolute Gasteiger partial charge is 0.303 e. The zero-order chi connectivity index (χ0) is 13.3. The van der Waals surface area contributed by atoms with Crippen molar-refractivity contribution in [2.45, 2.75) is 70.6 Å². The Morgan fingerprint density at radius 3 is 2.63 bits per heavy atom. The zero-order valence-corrected chi connectivity index (χ0v) is 12.2. The first kappa shape index (κ1) is 14.6. The molecule has 0 aromatic carbocycles. The molecule has 0 fully saturated rings. The smallest absolute Gasteiger partial charge is 0.124 e. The normalized spacial score (nSPS) is 34.0. The van der Waals surface area contributed by atoms with E-state index < -0.39 is 0 Å². The van der Waals surface area contributed by atoms with E-state index in [2.05, 4.69) is 18.2 Å². The first-order valence-corrected chi connectivity index (χ1v) is 8.20. The van der Waals surface area contributed by atoms with Crippen LogP contribution in [0.25, 0.3) is 0 Å². The third-order valence-corrected chi connectivity index (χ3v) is 4.67. The molecule has 19 heavy (non-hydrogen) atoms. The van der Waals surface area contributed by atoms with Crippen molar-refractivity contribution >= 4 is 6.29 Å². The van der Waals surface area contributed by atoms with Gasteiger partial charge in [-0.15, -0.1) is 0 Å². The number of rotatable bonds is 3. The van der Waals surface area contributed by atoms with E-state index in [9.17, 15) is 4.79 Å². The van der Waals surface area contributed by atoms with Gasteiger partial charge in [-0.1, -0.05) is 49.5 Å². The van der Waals surface area contributed by atoms with E-state index in [1.165, 1.54) is 63.4 Å². The van der Waals surface area contributed by atoms with Crippen LogP contribution in [0.3, 0.4) is 0 Å². The van der Waals surface area contributed by atoms with E-state index in [4.69, 9.17) is 0 Å². The molecule has 0 bridgehead atoms. The average Bonchev–Trinajstić information content (AvgIpc) is 2.33. The van der Waals surface area contributed by atoms with Crippen molar-refractivity contribution in [3.8, 4) is 0 Å². The maximum absolute atomic E-state index is 10.8. The minimum absolute atomic E-state index is 0.660. The number of aldehydes is 1. The van der Waals surface area contributed by atoms with Crippen molar-refractivity contribution in [2.24, 2.45) is 11.8 Å². The average molecular weight is 260 g/mol. The van der Waals surface area contributed by atoms with Gasteiger partial charge in [0, 0.05) is 6.42 Å². The lowest BCUT2D eigenvalue weighted by atomic mass is 9.79. The molecule has 2 atom stereocenters. The molecule has 0 saturated heterocycles. The Bertz CT molecular complexity index is 327. The third kappa shape index (κ3) is 4.97. The fourth-order valence-electron chi connectivity index (χ4n) is 3.54. The first-order chi connectivity index (χ1) is 9.40. The lowest BCUT2D eigenvalue weighted by Crippen LogP contribution is -2.14. The van der Waals surface area contributed by atoms with E-state index in [1.54, 1.807) is 0 Å². The highest BCUT2D eigenvalue weighted by molar-refractivity contribution is 5.54. The van der Waals surface area contributed by atoms with Crippen LogP contribution in [0, 0.1) is 11.8 Å². The molecule has 0 aliphatic heterocycles. The van der Waals surface area contributed by atoms with Gasteiger partial charge in [-0.2, -0.15) is 0 Å². The van der Waals surface area contributed by atoms with Crippen LogP contribution in [-0.4, -0.2) is 6.29 Å². The highest BCUT2D eigenvalue weighted by Crippen LogP contribution is 2.32. The summed E-state index contributed by atoms with van der Waals surface area (Å²) in [5.74, 6) is 1.41. The quantitative estimate of drug-likeness (QED) is 0.502. The summed E-state index contributed by atoms with van der Waals surface area (Å²) in [5, 5.41) is 0. The van der Waals surface area contributed by atoms with Gasteiger partial charge < -0.3 is 4.79 Å². The molecule has 2 unspecified atom stereocenters. The molecule has 2 aliphatic carbocycles. The van der Waals surface area contributed by atoms with Gasteiger partial charge in [-0.25, -0.2) is 0 Å². The van der Waals surface area contributed by atoms with Gasteiger partial charge in [0.1, 0.15) is 6.29 Å². The Labute approximate surface area is 118 Å². The number of allylic oxidation sites excluding steroid dienone is 4. The van der Waals surface area contributed by atoms with Crippen molar-refractivity contribution in [3.63, 3.8) is 0 Å². The van der Waals surface area contributed by atoms with Crippen LogP contribution in [0.5, 0.6) is 0 Å². The monoisotopic (exact) mass is 260 g/mol. The maximum atomic E-state index is 10.8. The fourth-order valence-corrected chi connectivity index (χ4v) is 3.54. The van der Waals surface area contributed by atoms with Crippen LogP contribution in [-0.2, 0) is 4.79 Å². The summed E-state index contributed by atoms with van der Waals surface area (Å²) < 4.78 is 0. The molecule has 0 amide bonds. The molecular formula is C18H28O. The summed E-state index contributed by atoms with van der Waals surface area (Å²) in [4.78, 5) is 10.8. The van der Waals surface area contributed by atoms with Gasteiger partial charge in [-0.05, 0) is 50.4 Å². The predicted octanol–water partition coefficient (Wildman–Crippen LogP) is 5.22. The number of carbonyl (C=O) groups excluding carboxylic acids is 1. The minimum atomic E-state index is 0.660. The summed E-state index contributed by atoms with van der Waals surface area (Å²) >= 11 is 0. The molecule has 0 N–H and O–H groups in total. The van der Waals surface area contributed by atoms with E-state index in [0.717, 1.165) is 18.6 Å². The summed E-state index contributed by atoms with van der Waals surface area (Å²) in [7, 11) is 0. The van der Waals surface area contributed by atoms with Gasteiger partial charge in [0.2, 0.25) is 0 Å². The van der Waals surface area contributed by atoms with Crippen LogP contribution in [0.2, 0.25) is 0 Å². The van der Waals surface area contributed by atoms with Crippen molar-refractivity contribution in [3.05, 3.63) is 23.8 Å². The van der Waals surface area contributed by atoms with E-state index in [0.29, 0.717) is 12.3 Å².